The number of nitrogens with zero attached hydrogens (tertiary/aromatic N) is 1. The lowest BCUT2D eigenvalue weighted by atomic mass is 9.90. The summed E-state index contributed by atoms with van der Waals surface area (Å²) in [6, 6.07) is 9.72. The second-order valence-electron chi connectivity index (χ2n) is 7.08. The van der Waals surface area contributed by atoms with Gasteiger partial charge in [-0.2, -0.15) is 0 Å². The summed E-state index contributed by atoms with van der Waals surface area (Å²) < 4.78 is 16.6. The Bertz CT molecular complexity index is 928. The maximum Gasteiger partial charge on any atom is 0.322 e. The average molecular weight is 428 g/mol. The predicted octanol–water partition coefficient (Wildman–Crippen LogP) is 4.10. The molecule has 0 aromatic heterocycles. The number of carbonyl (C=O) groups is 2. The number of urea groups is 1. The highest BCUT2D eigenvalue weighted by Gasteiger charge is 2.34. The van der Waals surface area contributed by atoms with Crippen molar-refractivity contribution in [2.24, 2.45) is 0 Å². The van der Waals surface area contributed by atoms with Gasteiger partial charge in [-0.3, -0.25) is 4.79 Å². The summed E-state index contributed by atoms with van der Waals surface area (Å²) >= 11 is 0. The molecule has 1 atom stereocenters. The van der Waals surface area contributed by atoms with Gasteiger partial charge in [0.15, 0.2) is 11.5 Å². The van der Waals surface area contributed by atoms with E-state index in [4.69, 9.17) is 14.2 Å². The number of hydrogen-bond acceptors (Lipinski definition) is 5. The summed E-state index contributed by atoms with van der Waals surface area (Å²) in [6.45, 7) is 5.11. The standard InChI is InChI=1S/C23H28N2O6/c1-4-30-20-12-15-10-11-25(23(28)24-16-6-8-17(29-3)9-7-16)19(14-22(26)27)18(15)13-21(20)31-5-2/h6-9,12-13,19H,4-5,10-11,14H2,1-3H3,(H,24,28)(H,26,27)/t19-/m0/s1. The number of fused-ring (bicyclic) bond motifs is 1. The lowest BCUT2D eigenvalue weighted by molar-refractivity contribution is -0.138. The van der Waals surface area contributed by atoms with Crippen LogP contribution < -0.4 is 19.5 Å². The van der Waals surface area contributed by atoms with Gasteiger partial charge in [-0.15, -0.1) is 0 Å². The lowest BCUT2D eigenvalue weighted by Gasteiger charge is -2.37. The smallest absolute Gasteiger partial charge is 0.322 e. The van der Waals surface area contributed by atoms with Gasteiger partial charge >= 0.3 is 12.0 Å². The minimum atomic E-state index is -0.980. The first-order valence-corrected chi connectivity index (χ1v) is 10.3. The number of aliphatic carboxylic acids is 1. The molecule has 0 spiro atoms. The van der Waals surface area contributed by atoms with Gasteiger partial charge in [0.1, 0.15) is 5.75 Å². The Kier molecular flexibility index (Phi) is 7.23. The molecule has 1 heterocycles. The summed E-state index contributed by atoms with van der Waals surface area (Å²) in [5, 5.41) is 12.4. The fourth-order valence-electron chi connectivity index (χ4n) is 3.74. The van der Waals surface area contributed by atoms with E-state index in [0.29, 0.717) is 49.1 Å². The molecule has 2 N–H and O–H groups in total. The van der Waals surface area contributed by atoms with Crippen LogP contribution in [0.2, 0.25) is 0 Å². The number of benzene rings is 2. The van der Waals surface area contributed by atoms with Gasteiger partial charge in [0.2, 0.25) is 0 Å². The Labute approximate surface area is 181 Å². The van der Waals surface area contributed by atoms with Gasteiger partial charge in [0.05, 0.1) is 32.8 Å². The van der Waals surface area contributed by atoms with Crippen molar-refractivity contribution in [2.45, 2.75) is 32.7 Å². The Morgan fingerprint density at radius 1 is 1.10 bits per heavy atom. The molecule has 0 fully saturated rings. The average Bonchev–Trinajstić information content (AvgIpc) is 2.75. The zero-order valence-corrected chi connectivity index (χ0v) is 18.0. The number of carboxylic acids is 1. The molecular weight excluding hydrogens is 400 g/mol. The number of hydrogen-bond donors (Lipinski definition) is 2. The van der Waals surface area contributed by atoms with Crippen LogP contribution in [0, 0.1) is 0 Å². The highest BCUT2D eigenvalue weighted by molar-refractivity contribution is 5.90. The number of methoxy groups -OCH3 is 1. The molecule has 0 radical (unpaired) electrons. The molecule has 0 saturated carbocycles. The van der Waals surface area contributed by atoms with E-state index in [1.165, 1.54) is 0 Å². The third kappa shape index (κ3) is 5.20. The molecule has 3 rings (SSSR count). The fourth-order valence-corrected chi connectivity index (χ4v) is 3.74. The van der Waals surface area contributed by atoms with Crippen LogP contribution in [0.25, 0.3) is 0 Å². The molecule has 8 heteroatoms. The molecule has 8 nitrogen and oxygen atoms in total. The van der Waals surface area contributed by atoms with Gasteiger partial charge in [-0.05, 0) is 67.8 Å². The molecule has 0 bridgehead atoms. The quantitative estimate of drug-likeness (QED) is 0.657. The molecule has 2 aromatic rings. The number of rotatable bonds is 8. The monoisotopic (exact) mass is 428 g/mol. The van der Waals surface area contributed by atoms with Crippen LogP contribution in [-0.2, 0) is 11.2 Å². The lowest BCUT2D eigenvalue weighted by Crippen LogP contribution is -2.43. The van der Waals surface area contributed by atoms with Gasteiger partial charge in [-0.25, -0.2) is 4.79 Å². The zero-order valence-electron chi connectivity index (χ0n) is 18.0. The van der Waals surface area contributed by atoms with Crippen LogP contribution in [0.4, 0.5) is 10.5 Å². The minimum absolute atomic E-state index is 0.206. The zero-order chi connectivity index (χ0) is 22.4. The molecule has 2 amide bonds. The largest absolute Gasteiger partial charge is 0.497 e. The van der Waals surface area contributed by atoms with Crippen molar-refractivity contribution in [1.29, 1.82) is 0 Å². The maximum absolute atomic E-state index is 13.0. The summed E-state index contributed by atoms with van der Waals surface area (Å²) in [7, 11) is 1.57. The van der Waals surface area contributed by atoms with Crippen molar-refractivity contribution in [2.75, 3.05) is 32.2 Å². The first-order valence-electron chi connectivity index (χ1n) is 10.3. The first kappa shape index (κ1) is 22.3. The summed E-state index contributed by atoms with van der Waals surface area (Å²) in [4.78, 5) is 26.2. The Hall–Kier alpha value is -3.42. The number of amides is 2. The van der Waals surface area contributed by atoms with Crippen molar-refractivity contribution in [1.82, 2.24) is 4.90 Å². The summed E-state index contributed by atoms with van der Waals surface area (Å²) in [5.41, 5.74) is 2.34. The van der Waals surface area contributed by atoms with E-state index in [9.17, 15) is 14.7 Å². The molecule has 0 saturated heterocycles. The van der Waals surface area contributed by atoms with Crippen molar-refractivity contribution >= 4 is 17.7 Å². The van der Waals surface area contributed by atoms with Crippen molar-refractivity contribution in [3.8, 4) is 17.2 Å². The first-order chi connectivity index (χ1) is 15.0. The van der Waals surface area contributed by atoms with Crippen LogP contribution in [0.1, 0.15) is 37.4 Å². The molecule has 0 aliphatic carbocycles. The van der Waals surface area contributed by atoms with Crippen LogP contribution in [0.5, 0.6) is 17.2 Å². The van der Waals surface area contributed by atoms with Crippen LogP contribution in [-0.4, -0.2) is 48.9 Å². The van der Waals surface area contributed by atoms with Gasteiger partial charge in [0, 0.05) is 12.2 Å². The number of anilines is 1. The summed E-state index contributed by atoms with van der Waals surface area (Å²) in [6.07, 6.45) is 0.385. The predicted molar refractivity (Wildman–Crippen MR) is 116 cm³/mol. The number of nitrogens with one attached hydrogen (secondary N) is 1. The van der Waals surface area contributed by atoms with E-state index in [0.717, 1.165) is 11.1 Å². The van der Waals surface area contributed by atoms with Gasteiger partial charge < -0.3 is 29.5 Å². The van der Waals surface area contributed by atoms with Gasteiger partial charge in [-0.1, -0.05) is 0 Å². The van der Waals surface area contributed by atoms with E-state index in [-0.39, 0.29) is 12.5 Å². The van der Waals surface area contributed by atoms with Crippen LogP contribution in [0.15, 0.2) is 36.4 Å². The molecule has 1 aliphatic heterocycles. The van der Waals surface area contributed by atoms with E-state index in [2.05, 4.69) is 5.32 Å². The second-order valence-corrected chi connectivity index (χ2v) is 7.08. The van der Waals surface area contributed by atoms with E-state index in [1.807, 2.05) is 26.0 Å². The Morgan fingerprint density at radius 3 is 2.32 bits per heavy atom. The Morgan fingerprint density at radius 2 is 1.74 bits per heavy atom. The third-order valence-electron chi connectivity index (χ3n) is 5.13. The van der Waals surface area contributed by atoms with E-state index in [1.54, 1.807) is 36.3 Å². The molecule has 2 aromatic carbocycles. The van der Waals surface area contributed by atoms with E-state index < -0.39 is 12.0 Å². The molecular formula is C23H28N2O6. The van der Waals surface area contributed by atoms with Crippen molar-refractivity contribution in [3.05, 3.63) is 47.5 Å². The molecule has 0 unspecified atom stereocenters. The maximum atomic E-state index is 13.0. The summed E-state index contributed by atoms with van der Waals surface area (Å²) in [5.74, 6) is 0.887. The SMILES string of the molecule is CCOc1cc2c(cc1OCC)[C@H](CC(=O)O)N(C(=O)Nc1ccc(OC)cc1)CC2. The number of carbonyl (C=O) groups excluding carboxylic acids is 1. The number of carboxylic acid groups (broad SMARTS) is 1. The van der Waals surface area contributed by atoms with Crippen LogP contribution in [0.3, 0.4) is 0 Å². The highest BCUT2D eigenvalue weighted by atomic mass is 16.5. The van der Waals surface area contributed by atoms with Crippen molar-refractivity contribution in [3.63, 3.8) is 0 Å². The fraction of sp³-hybridized carbons (Fsp3) is 0.391. The highest BCUT2D eigenvalue weighted by Crippen LogP contribution is 2.40. The van der Waals surface area contributed by atoms with Crippen molar-refractivity contribution < 1.29 is 28.9 Å². The molecule has 166 valence electrons. The molecule has 31 heavy (non-hydrogen) atoms. The Balaban J connectivity index is 1.91. The third-order valence-corrected chi connectivity index (χ3v) is 5.13. The number of ether oxygens (including phenoxy) is 3. The minimum Gasteiger partial charge on any atom is -0.497 e. The van der Waals surface area contributed by atoms with Crippen LogP contribution >= 0.6 is 0 Å². The molecule has 1 aliphatic rings. The second kappa shape index (κ2) is 10.1. The topological polar surface area (TPSA) is 97.3 Å². The van der Waals surface area contributed by atoms with Gasteiger partial charge in [0.25, 0.3) is 0 Å². The van der Waals surface area contributed by atoms with E-state index >= 15 is 0 Å². The normalized spacial score (nSPS) is 15.1.